The number of hydrogen-bond acceptors (Lipinski definition) is 5. The lowest BCUT2D eigenvalue weighted by molar-refractivity contribution is 0.0583. The standard InChI is InChI=1S/C18H21N5O2/c1-12-8-20-22(10-12)11-15-5-3-4-6-23(15)18(24)14-7-16-13(2)21-25-17(16)19-9-14/h7-10,15H,3-6,11H2,1-2H3. The average Bonchev–Trinajstić information content (AvgIpc) is 3.20. The van der Waals surface area contributed by atoms with E-state index in [9.17, 15) is 4.79 Å². The molecule has 0 spiro atoms. The van der Waals surface area contributed by atoms with Gasteiger partial charge in [0.15, 0.2) is 0 Å². The first-order valence-electron chi connectivity index (χ1n) is 8.64. The van der Waals surface area contributed by atoms with E-state index >= 15 is 0 Å². The van der Waals surface area contributed by atoms with E-state index in [1.165, 1.54) is 0 Å². The number of aryl methyl sites for hydroxylation is 2. The summed E-state index contributed by atoms with van der Waals surface area (Å²) in [5.41, 5.74) is 2.93. The topological polar surface area (TPSA) is 77.0 Å². The van der Waals surface area contributed by atoms with Crippen molar-refractivity contribution in [3.63, 3.8) is 0 Å². The van der Waals surface area contributed by atoms with Gasteiger partial charge in [0, 0.05) is 18.9 Å². The zero-order chi connectivity index (χ0) is 17.4. The summed E-state index contributed by atoms with van der Waals surface area (Å²) in [6.07, 6.45) is 8.61. The summed E-state index contributed by atoms with van der Waals surface area (Å²) in [7, 11) is 0. The fraction of sp³-hybridized carbons (Fsp3) is 0.444. The van der Waals surface area contributed by atoms with Crippen molar-refractivity contribution >= 4 is 17.0 Å². The molecule has 0 saturated carbocycles. The number of amides is 1. The van der Waals surface area contributed by atoms with E-state index in [2.05, 4.69) is 15.2 Å². The lowest BCUT2D eigenvalue weighted by Crippen LogP contribution is -2.46. The molecule has 4 heterocycles. The Labute approximate surface area is 145 Å². The molecule has 3 aromatic rings. The fourth-order valence-electron chi connectivity index (χ4n) is 3.47. The second-order valence-corrected chi connectivity index (χ2v) is 6.73. The van der Waals surface area contributed by atoms with Crippen LogP contribution in [-0.4, -0.2) is 43.3 Å². The van der Waals surface area contributed by atoms with E-state index in [-0.39, 0.29) is 11.9 Å². The predicted octanol–water partition coefficient (Wildman–Crippen LogP) is 2.73. The Morgan fingerprint density at radius 3 is 3.00 bits per heavy atom. The number of pyridine rings is 1. The summed E-state index contributed by atoms with van der Waals surface area (Å²) in [6, 6.07) is 1.99. The van der Waals surface area contributed by atoms with Gasteiger partial charge in [0.1, 0.15) is 0 Å². The van der Waals surface area contributed by atoms with Crippen LogP contribution in [0.2, 0.25) is 0 Å². The van der Waals surface area contributed by atoms with Crippen LogP contribution in [0.3, 0.4) is 0 Å². The monoisotopic (exact) mass is 339 g/mol. The van der Waals surface area contributed by atoms with Gasteiger partial charge in [-0.2, -0.15) is 5.10 Å². The molecule has 1 aliphatic rings. The molecule has 7 nitrogen and oxygen atoms in total. The number of aromatic nitrogens is 4. The third-order valence-corrected chi connectivity index (χ3v) is 4.81. The van der Waals surface area contributed by atoms with Crippen molar-refractivity contribution in [2.24, 2.45) is 0 Å². The van der Waals surface area contributed by atoms with Crippen molar-refractivity contribution in [3.05, 3.63) is 41.5 Å². The maximum Gasteiger partial charge on any atom is 0.257 e. The molecule has 1 saturated heterocycles. The first kappa shape index (κ1) is 15.8. The maximum atomic E-state index is 13.1. The second kappa shape index (κ2) is 6.31. The first-order chi connectivity index (χ1) is 12.1. The van der Waals surface area contributed by atoms with Gasteiger partial charge < -0.3 is 9.42 Å². The van der Waals surface area contributed by atoms with Gasteiger partial charge in [0.2, 0.25) is 0 Å². The van der Waals surface area contributed by atoms with Crippen LogP contribution >= 0.6 is 0 Å². The Morgan fingerprint density at radius 2 is 2.20 bits per heavy atom. The largest absolute Gasteiger partial charge is 0.336 e. The van der Waals surface area contributed by atoms with Gasteiger partial charge in [0.05, 0.1) is 35.4 Å². The van der Waals surface area contributed by atoms with Crippen LogP contribution in [0.1, 0.15) is 40.9 Å². The van der Waals surface area contributed by atoms with Crippen molar-refractivity contribution in [2.75, 3.05) is 6.54 Å². The summed E-state index contributed by atoms with van der Waals surface area (Å²) in [5, 5.41) is 9.07. The molecule has 1 atom stereocenters. The van der Waals surface area contributed by atoms with E-state index in [0.29, 0.717) is 11.3 Å². The number of carbonyl (C=O) groups is 1. The number of carbonyl (C=O) groups excluding carboxylic acids is 1. The molecule has 25 heavy (non-hydrogen) atoms. The highest BCUT2D eigenvalue weighted by molar-refractivity contribution is 5.97. The van der Waals surface area contributed by atoms with Crippen molar-refractivity contribution in [2.45, 2.75) is 45.7 Å². The third-order valence-electron chi connectivity index (χ3n) is 4.81. The molecule has 3 aromatic heterocycles. The molecular weight excluding hydrogens is 318 g/mol. The molecule has 0 N–H and O–H groups in total. The van der Waals surface area contributed by atoms with Crippen LogP contribution in [0.5, 0.6) is 0 Å². The van der Waals surface area contributed by atoms with E-state index in [1.54, 1.807) is 6.20 Å². The highest BCUT2D eigenvalue weighted by Gasteiger charge is 2.28. The Morgan fingerprint density at radius 1 is 1.32 bits per heavy atom. The average molecular weight is 339 g/mol. The van der Waals surface area contributed by atoms with Gasteiger partial charge in [-0.25, -0.2) is 4.98 Å². The lowest BCUT2D eigenvalue weighted by atomic mass is 10.0. The number of rotatable bonds is 3. The highest BCUT2D eigenvalue weighted by Crippen LogP contribution is 2.23. The Balaban J connectivity index is 1.59. The number of fused-ring (bicyclic) bond motifs is 1. The van der Waals surface area contributed by atoms with Gasteiger partial charge in [-0.15, -0.1) is 0 Å². The van der Waals surface area contributed by atoms with Gasteiger partial charge in [-0.3, -0.25) is 9.48 Å². The van der Waals surface area contributed by atoms with Gasteiger partial charge in [-0.05, 0) is 44.7 Å². The van der Waals surface area contributed by atoms with Crippen molar-refractivity contribution in [1.29, 1.82) is 0 Å². The molecule has 1 unspecified atom stereocenters. The van der Waals surface area contributed by atoms with Crippen LogP contribution in [0.4, 0.5) is 0 Å². The van der Waals surface area contributed by atoms with Crippen molar-refractivity contribution in [1.82, 2.24) is 24.8 Å². The third kappa shape index (κ3) is 3.01. The smallest absolute Gasteiger partial charge is 0.257 e. The summed E-state index contributed by atoms with van der Waals surface area (Å²) >= 11 is 0. The van der Waals surface area contributed by atoms with Crippen molar-refractivity contribution in [3.8, 4) is 0 Å². The number of hydrogen-bond donors (Lipinski definition) is 0. The van der Waals surface area contributed by atoms with Crippen LogP contribution < -0.4 is 0 Å². The lowest BCUT2D eigenvalue weighted by Gasteiger charge is -2.35. The van der Waals surface area contributed by atoms with Gasteiger partial charge in [-0.1, -0.05) is 5.16 Å². The summed E-state index contributed by atoms with van der Waals surface area (Å²) < 4.78 is 7.06. The molecule has 0 bridgehead atoms. The van der Waals surface area contributed by atoms with E-state index in [0.717, 1.165) is 49.0 Å². The van der Waals surface area contributed by atoms with Gasteiger partial charge >= 0.3 is 0 Å². The predicted molar refractivity (Wildman–Crippen MR) is 92.2 cm³/mol. The highest BCUT2D eigenvalue weighted by atomic mass is 16.5. The molecule has 1 aliphatic heterocycles. The van der Waals surface area contributed by atoms with Crippen molar-refractivity contribution < 1.29 is 9.32 Å². The molecule has 130 valence electrons. The molecule has 0 aromatic carbocycles. The minimum absolute atomic E-state index is 0.0172. The molecule has 1 fully saturated rings. The molecule has 0 aliphatic carbocycles. The number of likely N-dealkylation sites (tertiary alicyclic amines) is 1. The molecular formula is C18H21N5O2. The molecule has 1 amide bonds. The van der Waals surface area contributed by atoms with E-state index < -0.39 is 0 Å². The fourth-order valence-corrected chi connectivity index (χ4v) is 3.47. The second-order valence-electron chi connectivity index (χ2n) is 6.73. The molecule has 0 radical (unpaired) electrons. The summed E-state index contributed by atoms with van der Waals surface area (Å²) in [4.78, 5) is 19.3. The van der Waals surface area contributed by atoms with Crippen LogP contribution in [-0.2, 0) is 6.54 Å². The maximum absolute atomic E-state index is 13.1. The van der Waals surface area contributed by atoms with Crippen LogP contribution in [0, 0.1) is 13.8 Å². The zero-order valence-electron chi connectivity index (χ0n) is 14.5. The Kier molecular flexibility index (Phi) is 3.99. The quantitative estimate of drug-likeness (QED) is 0.733. The SMILES string of the molecule is Cc1cnn(CC2CCCCN2C(=O)c2cnc3onc(C)c3c2)c1. The van der Waals surface area contributed by atoms with Gasteiger partial charge in [0.25, 0.3) is 11.6 Å². The number of nitrogens with zero attached hydrogens (tertiary/aromatic N) is 5. The summed E-state index contributed by atoms with van der Waals surface area (Å²) in [5.74, 6) is 0.0172. The molecule has 4 rings (SSSR count). The first-order valence-corrected chi connectivity index (χ1v) is 8.64. The number of piperidine rings is 1. The normalized spacial score (nSPS) is 18.0. The minimum atomic E-state index is 0.0172. The Hall–Kier alpha value is -2.70. The van der Waals surface area contributed by atoms with Crippen LogP contribution in [0.15, 0.2) is 29.2 Å². The minimum Gasteiger partial charge on any atom is -0.336 e. The van der Waals surface area contributed by atoms with E-state index in [1.807, 2.05) is 41.9 Å². The zero-order valence-corrected chi connectivity index (χ0v) is 14.5. The molecule has 7 heteroatoms. The van der Waals surface area contributed by atoms with E-state index in [4.69, 9.17) is 4.52 Å². The van der Waals surface area contributed by atoms with Crippen LogP contribution in [0.25, 0.3) is 11.1 Å². The Bertz CT molecular complexity index is 913. The summed E-state index contributed by atoms with van der Waals surface area (Å²) in [6.45, 7) is 5.37.